The number of allylic oxidation sites excluding steroid dienone is 3. The van der Waals surface area contributed by atoms with Gasteiger partial charge in [-0.1, -0.05) is 129 Å². The molecular weight excluding hydrogens is 1910 g/mol. The quantitative estimate of drug-likeness (QED) is 0.0206. The van der Waals surface area contributed by atoms with E-state index in [1.807, 2.05) is 50.1 Å². The fourth-order valence-electron chi connectivity index (χ4n) is 18.0. The number of aliphatic hydroxyl groups is 1. The number of carbonyl (C=O) groups is 9. The van der Waals surface area contributed by atoms with Crippen LogP contribution in [0.15, 0.2) is 176 Å². The molecule has 1 saturated heterocycles. The van der Waals surface area contributed by atoms with Gasteiger partial charge in [0.25, 0.3) is 23.6 Å². The number of likely N-dealkylation sites (tertiary alicyclic amines) is 1. The number of nitrogens with one attached hydrogen (secondary N) is 5. The number of H-pyrrole nitrogens is 3. The SMILES string of the molecule is C.C.CC(C)(C)OC(=O)N1CCCC(N)C1.CC1CN(C(=O)c2ccc[nH]2)Cc2c(C(=O)NC3CCCCC3)nn(Cc3ccc(F)cc3)c21.CC1CN(C(=O)c2ccc[nH]2)Cc2c(C(=O)O)nn(Cc3ccc(F)cc3)c21.CCOC(=O)c1nn(Cc2ccc(F)cc2)c2c1CN(C(=O)c1ccc[nH]1)CC2C.CCOC(=O)c1nn(Cc2ccc(F)cc2)c2c1CNCC2C.CO.Cl.O=C(O)C1=CC=CC1.[2H]CF.[2H]CF. The van der Waals surface area contributed by atoms with Crippen molar-refractivity contribution in [3.05, 3.63) is 306 Å². The maximum Gasteiger partial charge on any atom is 0.410 e. The predicted molar refractivity (Wildman–Crippen MR) is 544 cm³/mol. The molecule has 40 heteroatoms. The summed E-state index contributed by atoms with van der Waals surface area (Å²) in [6, 6.07) is 35.7. The molecule has 7 aromatic heterocycles. The van der Waals surface area contributed by atoms with Gasteiger partial charge in [0, 0.05) is 158 Å². The van der Waals surface area contributed by atoms with Gasteiger partial charge in [0.1, 0.15) is 46.0 Å². The van der Waals surface area contributed by atoms with Crippen molar-refractivity contribution >= 4 is 66.0 Å². The van der Waals surface area contributed by atoms with Crippen molar-refractivity contribution in [2.24, 2.45) is 5.73 Å². The van der Waals surface area contributed by atoms with E-state index >= 15 is 0 Å². The normalized spacial score (nSPS) is 16.7. The first kappa shape index (κ1) is 115. The molecule has 2 fully saturated rings. The van der Waals surface area contributed by atoms with Crippen LogP contribution >= 0.6 is 12.4 Å². The molecule has 2 aliphatic carbocycles. The minimum absolute atomic E-state index is 0. The third kappa shape index (κ3) is 31.7. The zero-order valence-corrected chi connectivity index (χ0v) is 83.2. The molecule has 5 aliphatic heterocycles. The van der Waals surface area contributed by atoms with E-state index in [1.165, 1.54) is 55.0 Å². The van der Waals surface area contributed by atoms with Gasteiger partial charge in [-0.05, 0) is 174 Å². The summed E-state index contributed by atoms with van der Waals surface area (Å²) in [5.74, 6) is -4.49. The van der Waals surface area contributed by atoms with E-state index in [0.29, 0.717) is 124 Å². The number of hydrogen-bond donors (Lipinski definition) is 9. The Morgan fingerprint density at radius 3 is 1.17 bits per heavy atom. The molecule has 33 nitrogen and oxygen atoms in total. The molecule has 11 aromatic rings. The molecule has 12 heterocycles. The summed E-state index contributed by atoms with van der Waals surface area (Å²) in [6.45, 7) is 24.6. The lowest BCUT2D eigenvalue weighted by atomic mass is 9.94. The van der Waals surface area contributed by atoms with E-state index in [-0.39, 0.29) is 147 Å². The van der Waals surface area contributed by atoms with Crippen molar-refractivity contribution in [3.63, 3.8) is 0 Å². The van der Waals surface area contributed by atoms with Gasteiger partial charge in [0.2, 0.25) is 0 Å². The lowest BCUT2D eigenvalue weighted by Gasteiger charge is -2.32. The Morgan fingerprint density at radius 2 is 0.842 bits per heavy atom. The number of esters is 2. The Kier molecular flexibility index (Phi) is 45.0. The molecular formula is C106H137ClF6N18O15. The van der Waals surface area contributed by atoms with Crippen molar-refractivity contribution in [1.82, 2.24) is 84.3 Å². The number of piperidine rings is 1. The van der Waals surface area contributed by atoms with Gasteiger partial charge in [-0.15, -0.1) is 12.4 Å². The molecule has 5 unspecified atom stereocenters. The van der Waals surface area contributed by atoms with Crippen LogP contribution in [0.2, 0.25) is 0 Å². The van der Waals surface area contributed by atoms with E-state index in [9.17, 15) is 74.6 Å². The number of carboxylic acid groups (broad SMARTS) is 2. The molecule has 0 bridgehead atoms. The van der Waals surface area contributed by atoms with Crippen LogP contribution in [0.3, 0.4) is 0 Å². The molecule has 18 rings (SSSR count). The van der Waals surface area contributed by atoms with Crippen molar-refractivity contribution in [1.29, 1.82) is 0 Å². The number of aromatic amines is 3. The highest BCUT2D eigenvalue weighted by atomic mass is 35.5. The van der Waals surface area contributed by atoms with Crippen molar-refractivity contribution in [3.8, 4) is 0 Å². The van der Waals surface area contributed by atoms with E-state index in [2.05, 4.69) is 54.7 Å². The fourth-order valence-corrected chi connectivity index (χ4v) is 18.0. The number of ether oxygens (including phenoxy) is 3. The van der Waals surface area contributed by atoms with E-state index < -0.39 is 43.8 Å². The minimum Gasteiger partial charge on any atom is -0.478 e. The van der Waals surface area contributed by atoms with Crippen LogP contribution in [0.25, 0.3) is 0 Å². The molecule has 4 aromatic carbocycles. The molecule has 10 N–H and O–H groups in total. The summed E-state index contributed by atoms with van der Waals surface area (Å²) in [6.07, 6.45) is 18.0. The number of halogens is 7. The number of rotatable bonds is 19. The van der Waals surface area contributed by atoms with Gasteiger partial charge in [-0.3, -0.25) is 46.7 Å². The van der Waals surface area contributed by atoms with Crippen LogP contribution in [0, 0.1) is 23.3 Å². The molecule has 7 aliphatic rings. The molecule has 1 saturated carbocycles. The third-order valence-corrected chi connectivity index (χ3v) is 24.3. The molecule has 0 spiro atoms. The Balaban J connectivity index is 0.000000244. The van der Waals surface area contributed by atoms with E-state index in [1.54, 1.807) is 158 Å². The second kappa shape index (κ2) is 56.9. The number of carboxylic acids is 2. The molecule has 146 heavy (non-hydrogen) atoms. The summed E-state index contributed by atoms with van der Waals surface area (Å²) in [5, 5.41) is 49.5. The van der Waals surface area contributed by atoms with Crippen molar-refractivity contribution in [2.45, 2.75) is 222 Å². The van der Waals surface area contributed by atoms with Crippen LogP contribution in [-0.2, 0) is 71.4 Å². The summed E-state index contributed by atoms with van der Waals surface area (Å²) in [7, 11) is -1.00. The summed E-state index contributed by atoms with van der Waals surface area (Å²) >= 11 is 0. The largest absolute Gasteiger partial charge is 0.478 e. The van der Waals surface area contributed by atoms with Gasteiger partial charge in [0.15, 0.2) is 22.8 Å². The van der Waals surface area contributed by atoms with Crippen LogP contribution < -0.4 is 16.4 Å². The minimum atomic E-state index is -1.13. The lowest BCUT2D eigenvalue weighted by Crippen LogP contribution is -2.47. The highest BCUT2D eigenvalue weighted by Gasteiger charge is 2.40. The monoisotopic (exact) mass is 2050 g/mol. The van der Waals surface area contributed by atoms with E-state index in [4.69, 9.17) is 38.0 Å². The number of nitrogens with two attached hydrogens (primary N) is 1. The second-order valence-electron chi connectivity index (χ2n) is 36.0. The number of benzene rings is 4. The number of fused-ring (bicyclic) bond motifs is 4. The highest BCUT2D eigenvalue weighted by Crippen LogP contribution is 2.37. The number of alkyl halides is 2. The second-order valence-corrected chi connectivity index (χ2v) is 36.0. The average molecular weight is 2050 g/mol. The Hall–Kier alpha value is -14.2. The summed E-state index contributed by atoms with van der Waals surface area (Å²) in [4.78, 5) is 126. The first-order chi connectivity index (χ1) is 69.5. The molecule has 5 amide bonds. The zero-order chi connectivity index (χ0) is 105. The van der Waals surface area contributed by atoms with Crippen LogP contribution in [0.5, 0.6) is 0 Å². The highest BCUT2D eigenvalue weighted by molar-refractivity contribution is 5.97. The Morgan fingerprint density at radius 1 is 0.486 bits per heavy atom. The first-order valence-corrected chi connectivity index (χ1v) is 47.2. The van der Waals surface area contributed by atoms with Gasteiger partial charge >= 0.3 is 30.0 Å². The summed E-state index contributed by atoms with van der Waals surface area (Å²) in [5.41, 5.74) is 18.5. The van der Waals surface area contributed by atoms with Gasteiger partial charge in [-0.2, -0.15) is 20.4 Å². The molecule has 790 valence electrons. The number of aromatic carboxylic acids is 1. The van der Waals surface area contributed by atoms with Crippen molar-refractivity contribution in [2.75, 3.05) is 73.9 Å². The van der Waals surface area contributed by atoms with Crippen LogP contribution in [0.4, 0.5) is 31.1 Å². The Labute approximate surface area is 855 Å². The topological polar surface area (TPSA) is 424 Å². The van der Waals surface area contributed by atoms with Crippen LogP contribution in [0.1, 0.15) is 296 Å². The number of aromatic nitrogens is 11. The third-order valence-electron chi connectivity index (χ3n) is 24.3. The number of aliphatic hydroxyl groups excluding tert-OH is 1. The number of carbonyl (C=O) groups excluding carboxylic acids is 7. The van der Waals surface area contributed by atoms with E-state index in [0.717, 1.165) is 115 Å². The first-order valence-electron chi connectivity index (χ1n) is 48.6. The smallest absolute Gasteiger partial charge is 0.410 e. The zero-order valence-electron chi connectivity index (χ0n) is 84.4. The number of aliphatic carboxylic acids is 1. The maximum absolute atomic E-state index is 13.4. The van der Waals surface area contributed by atoms with Gasteiger partial charge < -0.3 is 80.4 Å². The van der Waals surface area contributed by atoms with Crippen molar-refractivity contribution < 1.29 is 102 Å². The Bertz CT molecular complexity index is 6170. The van der Waals surface area contributed by atoms with Crippen LogP contribution in [-0.4, -0.2) is 234 Å². The average Bonchev–Trinajstić information content (AvgIpc) is 1.61. The molecule has 0 radical (unpaired) electrons. The number of hydrogen-bond acceptors (Lipinski definition) is 19. The molecule has 5 atom stereocenters. The number of amides is 5. The summed E-state index contributed by atoms with van der Waals surface area (Å²) < 4.78 is 107. The number of nitrogens with zero attached hydrogens (tertiary/aromatic N) is 12. The lowest BCUT2D eigenvalue weighted by molar-refractivity contribution is -0.132. The predicted octanol–water partition coefficient (Wildman–Crippen LogP) is 17.6. The van der Waals surface area contributed by atoms with Gasteiger partial charge in [0.05, 0.1) is 76.1 Å². The standard InChI is InChI=1S/C26H30FN5O2.C22H23FN4O3.C20H19FN4O3.C17H20FN3O2.C10H20N2O2.C6H6O2.2CH3F.CH4O.2CH4.ClH/c1-17-14-31(26(34)22-8-5-13-28-22)16-21-23(25(33)29-20-6-3-2-4-7-20)30-32(24(17)21)15-18-9-11-19(27)12-10-18;1-3-30-22(29)19-17-13-26(21(28)18-5-4-10-24-18)11-14(2)20(17)27(25-19)12-15-6-8-16(23)9-7-15;1-12-9-24(19(26)16-3-2-8-22-16)11-15-17(20(27)28)23-25(18(12)15)10-13-4-6-14(21)7-5-13;1-3-23-17(22)15-14-9-19-8-11(2)16(14)21(20-15)10-12-4-6-13(18)7-5-12;1-10(2,3)14-9(13)12-6-4-5-8(11)7-12;7-6(8)5-3-1-2-4-5;3*1-2;;;/h5,8-13,17,20,28H,2-4,6-7,14-16H2,1H3,(H,29,33);4-10,14,24H,3,11-13H2,1-2H3;2-8,12,22H,9-11H2,1H3,(H,27,28);4-7,11,19H,3,8-10H2,1-2H3;8H,4-7,11H2,1-3H3;1-3H,4H2,(H,7,8);2*1H3;2H,1H3;2*1H4;1H/i;;;;;;2*1D;;;;. The fraction of sp³-hybridized carbons (Fsp3) is 0.425. The van der Waals surface area contributed by atoms with Gasteiger partial charge in [-0.25, -0.2) is 41.5 Å². The maximum atomic E-state index is 13.4.